The van der Waals surface area contributed by atoms with Crippen LogP contribution in [0.15, 0.2) is 72.8 Å². The number of hydrogen-bond donors (Lipinski definition) is 1. The summed E-state index contributed by atoms with van der Waals surface area (Å²) < 4.78 is 10.6. The topological polar surface area (TPSA) is 81.7 Å². The molecule has 0 bridgehead atoms. The maximum Gasteiger partial charge on any atom is 0.337 e. The number of anilines is 1. The van der Waals surface area contributed by atoms with Crippen LogP contribution in [-0.4, -0.2) is 24.8 Å². The number of amides is 1. The largest absolute Gasteiger partial charge is 0.487 e. The van der Waals surface area contributed by atoms with E-state index < -0.39 is 11.9 Å². The van der Waals surface area contributed by atoms with Gasteiger partial charge in [-0.3, -0.25) is 9.59 Å². The zero-order valence-electron chi connectivity index (χ0n) is 16.7. The molecule has 0 aliphatic carbocycles. The van der Waals surface area contributed by atoms with E-state index in [1.165, 1.54) is 20.1 Å². The Labute approximate surface area is 174 Å². The van der Waals surface area contributed by atoms with Crippen LogP contribution < -0.4 is 10.1 Å². The molecule has 1 amide bonds. The highest BCUT2D eigenvalue weighted by molar-refractivity contribution is 6.07. The van der Waals surface area contributed by atoms with Crippen LogP contribution in [0.1, 0.15) is 43.6 Å². The predicted molar refractivity (Wildman–Crippen MR) is 113 cm³/mol. The Hall–Kier alpha value is -3.93. The van der Waals surface area contributed by atoms with Crippen molar-refractivity contribution in [3.63, 3.8) is 0 Å². The Morgan fingerprint density at radius 1 is 0.833 bits per heavy atom. The first-order chi connectivity index (χ1) is 14.5. The Kier molecular flexibility index (Phi) is 6.60. The van der Waals surface area contributed by atoms with Crippen molar-refractivity contribution >= 4 is 23.3 Å². The lowest BCUT2D eigenvalue weighted by Gasteiger charge is -2.14. The third kappa shape index (κ3) is 5.11. The first kappa shape index (κ1) is 20.8. The molecule has 1 N–H and O–H groups in total. The molecule has 3 rings (SSSR count). The maximum atomic E-state index is 12.8. The second kappa shape index (κ2) is 9.52. The standard InChI is InChI=1S/C24H21NO5/c1-16(26)18-11-12-22(30-15-17-7-4-3-5-8-17)21(14-18)25-23(27)19-9-6-10-20(13-19)24(28)29-2/h3-14H,15H2,1-2H3,(H,25,27). The van der Waals surface area contributed by atoms with Crippen LogP contribution in [0.25, 0.3) is 0 Å². The van der Waals surface area contributed by atoms with E-state index in [1.54, 1.807) is 36.4 Å². The van der Waals surface area contributed by atoms with Gasteiger partial charge in [0.2, 0.25) is 0 Å². The van der Waals surface area contributed by atoms with E-state index in [4.69, 9.17) is 9.47 Å². The molecule has 0 fully saturated rings. The number of carbonyl (C=O) groups is 3. The van der Waals surface area contributed by atoms with Gasteiger partial charge in [0.1, 0.15) is 12.4 Å². The van der Waals surface area contributed by atoms with Gasteiger partial charge >= 0.3 is 5.97 Å². The summed E-state index contributed by atoms with van der Waals surface area (Å²) in [5.41, 5.74) is 2.33. The number of carbonyl (C=O) groups excluding carboxylic acids is 3. The van der Waals surface area contributed by atoms with Gasteiger partial charge in [0.25, 0.3) is 5.91 Å². The van der Waals surface area contributed by atoms with Gasteiger partial charge in [-0.05, 0) is 48.9 Å². The van der Waals surface area contributed by atoms with E-state index in [1.807, 2.05) is 30.3 Å². The monoisotopic (exact) mass is 403 g/mol. The van der Waals surface area contributed by atoms with Crippen molar-refractivity contribution in [2.75, 3.05) is 12.4 Å². The second-order valence-corrected chi connectivity index (χ2v) is 6.57. The molecular weight excluding hydrogens is 382 g/mol. The number of methoxy groups -OCH3 is 1. The van der Waals surface area contributed by atoms with Crippen molar-refractivity contribution in [3.05, 3.63) is 95.1 Å². The predicted octanol–water partition coefficient (Wildman–Crippen LogP) is 4.51. The van der Waals surface area contributed by atoms with E-state index in [0.717, 1.165) is 5.56 Å². The first-order valence-electron chi connectivity index (χ1n) is 9.29. The van der Waals surface area contributed by atoms with Gasteiger partial charge in [0.15, 0.2) is 5.78 Å². The molecular formula is C24H21NO5. The van der Waals surface area contributed by atoms with Gasteiger partial charge in [-0.1, -0.05) is 36.4 Å². The molecule has 0 radical (unpaired) electrons. The van der Waals surface area contributed by atoms with Crippen LogP contribution >= 0.6 is 0 Å². The van der Waals surface area contributed by atoms with Crippen LogP contribution in [-0.2, 0) is 11.3 Å². The second-order valence-electron chi connectivity index (χ2n) is 6.57. The minimum absolute atomic E-state index is 0.132. The minimum Gasteiger partial charge on any atom is -0.487 e. The summed E-state index contributed by atoms with van der Waals surface area (Å²) in [6, 6.07) is 20.7. The SMILES string of the molecule is COC(=O)c1cccc(C(=O)Nc2cc(C(C)=O)ccc2OCc2ccccc2)c1. The smallest absolute Gasteiger partial charge is 0.337 e. The van der Waals surface area contributed by atoms with Crippen molar-refractivity contribution < 1.29 is 23.9 Å². The fourth-order valence-corrected chi connectivity index (χ4v) is 2.81. The van der Waals surface area contributed by atoms with Crippen LogP contribution in [0.2, 0.25) is 0 Å². The third-order valence-electron chi connectivity index (χ3n) is 4.42. The lowest BCUT2D eigenvalue weighted by Crippen LogP contribution is -2.14. The zero-order chi connectivity index (χ0) is 21.5. The van der Waals surface area contributed by atoms with Crippen LogP contribution in [0.3, 0.4) is 0 Å². The zero-order valence-corrected chi connectivity index (χ0v) is 16.7. The Morgan fingerprint density at radius 3 is 2.27 bits per heavy atom. The Bertz CT molecular complexity index is 1080. The number of benzene rings is 3. The normalized spacial score (nSPS) is 10.2. The summed E-state index contributed by atoms with van der Waals surface area (Å²) >= 11 is 0. The van der Waals surface area contributed by atoms with Crippen molar-refractivity contribution in [3.8, 4) is 5.75 Å². The summed E-state index contributed by atoms with van der Waals surface area (Å²) in [6.45, 7) is 1.76. The summed E-state index contributed by atoms with van der Waals surface area (Å²) in [4.78, 5) is 36.3. The molecule has 0 saturated heterocycles. The number of Topliss-reactive ketones (excluding diaryl/α,β-unsaturated/α-hetero) is 1. The quantitative estimate of drug-likeness (QED) is 0.464. The summed E-state index contributed by atoms with van der Waals surface area (Å²) in [5, 5.41) is 2.77. The highest BCUT2D eigenvalue weighted by Crippen LogP contribution is 2.28. The Balaban J connectivity index is 1.85. The third-order valence-corrected chi connectivity index (χ3v) is 4.42. The molecule has 0 aliphatic rings. The maximum absolute atomic E-state index is 12.8. The average Bonchev–Trinajstić information content (AvgIpc) is 2.78. The van der Waals surface area contributed by atoms with Crippen LogP contribution in [0.4, 0.5) is 5.69 Å². The van der Waals surface area contributed by atoms with Crippen LogP contribution in [0, 0.1) is 0 Å². The van der Waals surface area contributed by atoms with Crippen molar-refractivity contribution in [2.24, 2.45) is 0 Å². The van der Waals surface area contributed by atoms with E-state index in [2.05, 4.69) is 5.32 Å². The first-order valence-corrected chi connectivity index (χ1v) is 9.29. The molecule has 6 heteroatoms. The van der Waals surface area contributed by atoms with E-state index >= 15 is 0 Å². The number of rotatable bonds is 7. The minimum atomic E-state index is -0.532. The molecule has 3 aromatic carbocycles. The molecule has 0 aromatic heterocycles. The number of esters is 1. The molecule has 0 spiro atoms. The van der Waals surface area contributed by atoms with Crippen molar-refractivity contribution in [2.45, 2.75) is 13.5 Å². The molecule has 0 unspecified atom stereocenters. The molecule has 30 heavy (non-hydrogen) atoms. The van der Waals surface area contributed by atoms with Gasteiger partial charge in [-0.2, -0.15) is 0 Å². The lowest BCUT2D eigenvalue weighted by molar-refractivity contribution is 0.0600. The fourth-order valence-electron chi connectivity index (χ4n) is 2.81. The summed E-state index contributed by atoms with van der Waals surface area (Å²) in [6.07, 6.45) is 0. The lowest BCUT2D eigenvalue weighted by atomic mass is 10.1. The molecule has 0 aliphatic heterocycles. The molecule has 3 aromatic rings. The fraction of sp³-hybridized carbons (Fsp3) is 0.125. The molecule has 152 valence electrons. The van der Waals surface area contributed by atoms with Gasteiger partial charge in [0.05, 0.1) is 18.4 Å². The van der Waals surface area contributed by atoms with Crippen molar-refractivity contribution in [1.29, 1.82) is 0 Å². The molecule has 0 saturated carbocycles. The highest BCUT2D eigenvalue weighted by atomic mass is 16.5. The van der Waals surface area contributed by atoms with Crippen molar-refractivity contribution in [1.82, 2.24) is 0 Å². The molecule has 6 nitrogen and oxygen atoms in total. The van der Waals surface area contributed by atoms with Gasteiger partial charge in [0, 0.05) is 11.1 Å². The Morgan fingerprint density at radius 2 is 1.57 bits per heavy atom. The number of nitrogens with one attached hydrogen (secondary N) is 1. The van der Waals surface area contributed by atoms with E-state index in [-0.39, 0.29) is 16.9 Å². The van der Waals surface area contributed by atoms with Crippen LogP contribution in [0.5, 0.6) is 5.75 Å². The highest BCUT2D eigenvalue weighted by Gasteiger charge is 2.15. The van der Waals surface area contributed by atoms with Gasteiger partial charge in [-0.15, -0.1) is 0 Å². The molecule has 0 heterocycles. The number of ether oxygens (including phenoxy) is 2. The average molecular weight is 403 g/mol. The van der Waals surface area contributed by atoms with E-state index in [9.17, 15) is 14.4 Å². The van der Waals surface area contributed by atoms with E-state index in [0.29, 0.717) is 23.6 Å². The number of ketones is 1. The molecule has 0 atom stereocenters. The summed E-state index contributed by atoms with van der Waals surface area (Å²) in [5.74, 6) is -0.671. The van der Waals surface area contributed by atoms with Gasteiger partial charge in [-0.25, -0.2) is 4.79 Å². The summed E-state index contributed by atoms with van der Waals surface area (Å²) in [7, 11) is 1.28. The number of hydrogen-bond acceptors (Lipinski definition) is 5. The van der Waals surface area contributed by atoms with Gasteiger partial charge < -0.3 is 14.8 Å².